The number of aliphatic hydroxyl groups is 1. The van der Waals surface area contributed by atoms with Crippen LogP contribution >= 0.6 is 0 Å². The Balaban J connectivity index is 1.64. The van der Waals surface area contributed by atoms with Gasteiger partial charge in [-0.25, -0.2) is 13.8 Å². The van der Waals surface area contributed by atoms with Crippen molar-refractivity contribution in [3.05, 3.63) is 48.1 Å². The molecule has 0 unspecified atom stereocenters. The molecule has 1 aliphatic heterocycles. The predicted octanol–water partition coefficient (Wildman–Crippen LogP) is 1.75. The number of rotatable bonds is 5. The molecule has 1 aliphatic rings. The van der Waals surface area contributed by atoms with Crippen molar-refractivity contribution in [3.63, 3.8) is 0 Å². The Morgan fingerprint density at radius 3 is 2.91 bits per heavy atom. The molecule has 0 aliphatic carbocycles. The van der Waals surface area contributed by atoms with Crippen molar-refractivity contribution in [3.8, 4) is 0 Å². The average Bonchev–Trinajstić information content (AvgIpc) is 3.15. The first-order valence-electron chi connectivity index (χ1n) is 7.33. The van der Waals surface area contributed by atoms with Gasteiger partial charge in [0.05, 0.1) is 12.6 Å². The Kier molecular flexibility index (Phi) is 4.44. The Hall–Kier alpha value is -1.86. The summed E-state index contributed by atoms with van der Waals surface area (Å²) in [6.45, 7) is 1.98. The molecule has 7 heteroatoms. The molecule has 1 aromatic heterocycles. The molecule has 2 atom stereocenters. The number of aliphatic hydroxyl groups excluding tert-OH is 1. The molecule has 0 saturated carbocycles. The van der Waals surface area contributed by atoms with Crippen LogP contribution in [0.5, 0.6) is 0 Å². The summed E-state index contributed by atoms with van der Waals surface area (Å²) in [5.74, 6) is -1.83. The Labute approximate surface area is 127 Å². The summed E-state index contributed by atoms with van der Waals surface area (Å²) in [6.07, 6.45) is 4.39. The Morgan fingerprint density at radius 1 is 1.32 bits per heavy atom. The fraction of sp³-hybridized carbons (Fsp3) is 0.467. The minimum atomic E-state index is -0.933. The zero-order valence-corrected chi connectivity index (χ0v) is 12.1. The molecule has 0 bridgehead atoms. The average molecular weight is 308 g/mol. The maximum atomic E-state index is 13.3. The minimum absolute atomic E-state index is 0.265. The van der Waals surface area contributed by atoms with E-state index >= 15 is 0 Å². The fourth-order valence-corrected chi connectivity index (χ4v) is 2.93. The summed E-state index contributed by atoms with van der Waals surface area (Å²) in [4.78, 5) is 6.08. The lowest BCUT2D eigenvalue weighted by atomic mass is 10.1. The normalized spacial score (nSPS) is 20.4. The third-order valence-corrected chi connectivity index (χ3v) is 4.10. The summed E-state index contributed by atoms with van der Waals surface area (Å²) in [6, 6.07) is 3.79. The lowest BCUT2D eigenvalue weighted by Crippen LogP contribution is -2.36. The molecule has 0 spiro atoms. The Bertz CT molecular complexity index is 620. The van der Waals surface area contributed by atoms with E-state index in [4.69, 9.17) is 0 Å². The molecule has 0 amide bonds. The van der Waals surface area contributed by atoms with Gasteiger partial charge in [-0.3, -0.25) is 9.58 Å². The standard InChI is InChI=1S/C15H18F2N4O/c16-13-4-3-11(6-14(13)17)15(22)8-20-5-1-2-12(20)7-21-10-18-9-19-21/h3-4,6,9-10,12,15,22H,1-2,5,7-8H2/t12-,15-/m0/s1. The third kappa shape index (κ3) is 3.31. The van der Waals surface area contributed by atoms with Crippen molar-refractivity contribution in [2.75, 3.05) is 13.1 Å². The van der Waals surface area contributed by atoms with Crippen LogP contribution in [0.15, 0.2) is 30.9 Å². The number of likely N-dealkylation sites (tertiary alicyclic amines) is 1. The topological polar surface area (TPSA) is 54.2 Å². The van der Waals surface area contributed by atoms with E-state index in [1.807, 2.05) is 0 Å². The lowest BCUT2D eigenvalue weighted by Gasteiger charge is -2.26. The highest BCUT2D eigenvalue weighted by molar-refractivity contribution is 5.20. The van der Waals surface area contributed by atoms with E-state index in [2.05, 4.69) is 15.0 Å². The molecule has 3 rings (SSSR count). The summed E-state index contributed by atoms with van der Waals surface area (Å²) < 4.78 is 28.0. The van der Waals surface area contributed by atoms with Gasteiger partial charge in [-0.05, 0) is 37.1 Å². The summed E-state index contributed by atoms with van der Waals surface area (Å²) >= 11 is 0. The largest absolute Gasteiger partial charge is 0.387 e. The van der Waals surface area contributed by atoms with Crippen molar-refractivity contribution in [1.29, 1.82) is 0 Å². The highest BCUT2D eigenvalue weighted by Crippen LogP contribution is 2.23. The van der Waals surface area contributed by atoms with Crippen LogP contribution in [0.1, 0.15) is 24.5 Å². The van der Waals surface area contributed by atoms with Gasteiger partial charge in [0.15, 0.2) is 11.6 Å². The van der Waals surface area contributed by atoms with Crippen LogP contribution in [0.25, 0.3) is 0 Å². The number of β-amino-alcohol motifs (C(OH)–C–C–N with tert-alkyl or cyclic N) is 1. The number of halogens is 2. The van der Waals surface area contributed by atoms with Gasteiger partial charge in [0, 0.05) is 12.6 Å². The van der Waals surface area contributed by atoms with E-state index in [-0.39, 0.29) is 6.04 Å². The van der Waals surface area contributed by atoms with E-state index in [0.717, 1.165) is 31.5 Å². The highest BCUT2D eigenvalue weighted by atomic mass is 19.2. The van der Waals surface area contributed by atoms with E-state index in [9.17, 15) is 13.9 Å². The van der Waals surface area contributed by atoms with Gasteiger partial charge in [0.1, 0.15) is 12.7 Å². The van der Waals surface area contributed by atoms with Gasteiger partial charge in [0.25, 0.3) is 0 Å². The van der Waals surface area contributed by atoms with Crippen molar-refractivity contribution >= 4 is 0 Å². The maximum absolute atomic E-state index is 13.3. The molecule has 0 radical (unpaired) electrons. The second-order valence-electron chi connectivity index (χ2n) is 5.60. The van der Waals surface area contributed by atoms with Gasteiger partial charge < -0.3 is 5.11 Å². The molecule has 118 valence electrons. The van der Waals surface area contributed by atoms with Crippen LogP contribution in [0, 0.1) is 11.6 Å². The smallest absolute Gasteiger partial charge is 0.159 e. The number of benzene rings is 1. The monoisotopic (exact) mass is 308 g/mol. The second-order valence-corrected chi connectivity index (χ2v) is 5.60. The summed E-state index contributed by atoms with van der Waals surface area (Å²) in [5, 5.41) is 14.4. The van der Waals surface area contributed by atoms with Gasteiger partial charge in [-0.1, -0.05) is 6.07 Å². The van der Waals surface area contributed by atoms with E-state index in [1.165, 1.54) is 12.4 Å². The van der Waals surface area contributed by atoms with Crippen LogP contribution in [0.3, 0.4) is 0 Å². The first kappa shape index (κ1) is 15.1. The Morgan fingerprint density at radius 2 is 2.18 bits per heavy atom. The van der Waals surface area contributed by atoms with Gasteiger partial charge in [0.2, 0.25) is 0 Å². The van der Waals surface area contributed by atoms with Crippen LogP contribution in [-0.2, 0) is 6.54 Å². The van der Waals surface area contributed by atoms with Crippen LogP contribution in [-0.4, -0.2) is 43.9 Å². The van der Waals surface area contributed by atoms with E-state index in [0.29, 0.717) is 18.7 Å². The molecule has 5 nitrogen and oxygen atoms in total. The molecule has 1 saturated heterocycles. The van der Waals surface area contributed by atoms with Gasteiger partial charge in [-0.2, -0.15) is 5.10 Å². The van der Waals surface area contributed by atoms with E-state index in [1.54, 1.807) is 11.0 Å². The van der Waals surface area contributed by atoms with Gasteiger partial charge >= 0.3 is 0 Å². The zero-order valence-electron chi connectivity index (χ0n) is 12.1. The molecule has 22 heavy (non-hydrogen) atoms. The summed E-state index contributed by atoms with van der Waals surface area (Å²) in [7, 11) is 0. The van der Waals surface area contributed by atoms with Crippen LogP contribution in [0.4, 0.5) is 8.78 Å². The zero-order chi connectivity index (χ0) is 15.5. The fourth-order valence-electron chi connectivity index (χ4n) is 2.93. The third-order valence-electron chi connectivity index (χ3n) is 4.10. The number of hydrogen-bond donors (Lipinski definition) is 1. The van der Waals surface area contributed by atoms with Gasteiger partial charge in [-0.15, -0.1) is 0 Å². The second kappa shape index (κ2) is 6.50. The van der Waals surface area contributed by atoms with Crippen LogP contribution in [0.2, 0.25) is 0 Å². The molecule has 1 fully saturated rings. The van der Waals surface area contributed by atoms with E-state index < -0.39 is 17.7 Å². The minimum Gasteiger partial charge on any atom is -0.387 e. The van der Waals surface area contributed by atoms with Crippen molar-refractivity contribution in [2.24, 2.45) is 0 Å². The first-order chi connectivity index (χ1) is 10.6. The molecule has 2 heterocycles. The van der Waals surface area contributed by atoms with Crippen molar-refractivity contribution < 1.29 is 13.9 Å². The molecular formula is C15H18F2N4O. The van der Waals surface area contributed by atoms with Crippen molar-refractivity contribution in [1.82, 2.24) is 19.7 Å². The molecular weight excluding hydrogens is 290 g/mol. The molecule has 1 aromatic carbocycles. The lowest BCUT2D eigenvalue weighted by molar-refractivity contribution is 0.100. The quantitative estimate of drug-likeness (QED) is 0.914. The summed E-state index contributed by atoms with van der Waals surface area (Å²) in [5.41, 5.74) is 0.394. The molecule has 1 N–H and O–H groups in total. The highest BCUT2D eigenvalue weighted by Gasteiger charge is 2.27. The number of nitrogens with zero attached hydrogens (tertiary/aromatic N) is 4. The number of aromatic nitrogens is 3. The van der Waals surface area contributed by atoms with Crippen LogP contribution < -0.4 is 0 Å². The molecule has 2 aromatic rings. The maximum Gasteiger partial charge on any atom is 0.159 e. The number of hydrogen-bond acceptors (Lipinski definition) is 4. The van der Waals surface area contributed by atoms with Crippen molar-refractivity contribution in [2.45, 2.75) is 31.5 Å². The first-order valence-corrected chi connectivity index (χ1v) is 7.33. The SMILES string of the molecule is O[C@@H](CN1CCC[C@H]1Cn1cncn1)c1ccc(F)c(F)c1. The predicted molar refractivity (Wildman–Crippen MR) is 75.9 cm³/mol.